The van der Waals surface area contributed by atoms with Crippen LogP contribution in [0.1, 0.15) is 10.4 Å². The Morgan fingerprint density at radius 2 is 0.889 bits per heavy atom. The van der Waals surface area contributed by atoms with E-state index in [1.807, 2.05) is 30.3 Å². The molecule has 0 aliphatic carbocycles. The Morgan fingerprint density at radius 3 is 1.11 bits per heavy atom. The van der Waals surface area contributed by atoms with Gasteiger partial charge in [0.15, 0.2) is 0 Å². The molecule has 0 aliphatic heterocycles. The molecule has 5 aromatic carbocycles. The summed E-state index contributed by atoms with van der Waals surface area (Å²) in [6.07, 6.45) is 0. The molecule has 1 radical (unpaired) electrons. The van der Waals surface area contributed by atoms with Crippen molar-refractivity contribution in [1.29, 1.82) is 5.46 Å². The molecule has 0 amide bonds. The van der Waals surface area contributed by atoms with Gasteiger partial charge in [0.25, 0.3) is 0 Å². The van der Waals surface area contributed by atoms with Crippen LogP contribution < -0.4 is 21.0 Å². The van der Waals surface area contributed by atoms with Crippen molar-refractivity contribution in [3.63, 3.8) is 0 Å². The number of benzene rings is 4. The maximum Gasteiger partial charge on any atom is 0.102 e. The van der Waals surface area contributed by atoms with Crippen LogP contribution in [0.25, 0.3) is 0 Å². The van der Waals surface area contributed by atoms with Crippen LogP contribution in [-0.2, 0) is 25.2 Å². The van der Waals surface area contributed by atoms with Crippen LogP contribution in [0.15, 0.2) is 152 Å². The van der Waals surface area contributed by atoms with Gasteiger partial charge in [-0.15, -0.1) is 0 Å². The van der Waals surface area contributed by atoms with Crippen molar-refractivity contribution in [2.75, 3.05) is 0 Å². The van der Waals surface area contributed by atoms with Gasteiger partial charge in [-0.2, -0.15) is 18.2 Å². The molecule has 0 saturated carbocycles. The zero-order valence-corrected chi connectivity index (χ0v) is 23.2. The van der Waals surface area contributed by atoms with Crippen molar-refractivity contribution >= 4 is 29.8 Å². The third kappa shape index (κ3) is 10.8. The van der Waals surface area contributed by atoms with E-state index in [1.54, 1.807) is 18.2 Å². The summed E-state index contributed by atoms with van der Waals surface area (Å²) < 4.78 is 7.25. The summed E-state index contributed by atoms with van der Waals surface area (Å²) in [7, 11) is -0.877. The van der Waals surface area contributed by atoms with E-state index >= 15 is 0 Å². The van der Waals surface area contributed by atoms with Crippen molar-refractivity contribution in [1.82, 2.24) is 0 Å². The number of carbonyl (C=O) groups is 1. The SMILES string of the molecule is N#[O+].O=C([O-])c1ccccc1.[Re].c1cc[cH-]c1.c1ccc([PH+](c2ccccc2)c2ccccc2)cc1. The van der Waals surface area contributed by atoms with Crippen molar-refractivity contribution in [2.45, 2.75) is 0 Å². The minimum Gasteiger partial charge on any atom is -0.545 e. The van der Waals surface area contributed by atoms with Crippen LogP contribution in [0.2, 0.25) is 0 Å². The number of hydrogen-bond acceptors (Lipinski definition) is 3. The first-order chi connectivity index (χ1) is 17.3. The molecule has 5 rings (SSSR count). The Kier molecular flexibility index (Phi) is 15.9. The predicted octanol–water partition coefficient (Wildman–Crippen LogP) is 4.53. The molecule has 0 heterocycles. The fourth-order valence-corrected chi connectivity index (χ4v) is 5.79. The zero-order valence-electron chi connectivity index (χ0n) is 19.5. The summed E-state index contributed by atoms with van der Waals surface area (Å²) in [6.45, 7) is 0. The number of rotatable bonds is 4. The van der Waals surface area contributed by atoms with Crippen LogP contribution in [0, 0.1) is 5.46 Å². The average molecular weight is 666 g/mol. The van der Waals surface area contributed by atoms with E-state index in [0.29, 0.717) is 0 Å². The second-order valence-electron chi connectivity index (χ2n) is 7.09. The van der Waals surface area contributed by atoms with Gasteiger partial charge in [0.1, 0.15) is 15.9 Å². The van der Waals surface area contributed by atoms with Gasteiger partial charge in [-0.25, -0.2) is 12.1 Å². The number of carboxylic acids is 1. The number of carboxylic acid groups (broad SMARTS) is 1. The maximum absolute atomic E-state index is 10.1. The molecule has 0 saturated heterocycles. The Balaban J connectivity index is 0.000000317. The van der Waals surface area contributed by atoms with E-state index in [9.17, 15) is 9.90 Å². The van der Waals surface area contributed by atoms with Gasteiger partial charge >= 0.3 is 10.2 Å². The molecule has 0 bridgehead atoms. The maximum atomic E-state index is 10.1. The summed E-state index contributed by atoms with van der Waals surface area (Å²) in [6, 6.07) is 50.6. The predicted molar refractivity (Wildman–Crippen MR) is 142 cm³/mol. The molecule has 0 N–H and O–H groups in total. The summed E-state index contributed by atoms with van der Waals surface area (Å²) in [5.41, 5.74) is 5.97. The van der Waals surface area contributed by atoms with Crippen LogP contribution in [0.5, 0.6) is 0 Å². The van der Waals surface area contributed by atoms with Gasteiger partial charge < -0.3 is 9.90 Å². The quantitative estimate of drug-likeness (QED) is 0.161. The summed E-state index contributed by atoms with van der Waals surface area (Å²) in [5.74, 6) is -1.13. The topological polar surface area (TPSA) is 83.8 Å². The fraction of sp³-hybridized carbons (Fsp3) is 0. The standard InChI is InChI=1S/C18H15P.C7H6O2.C5H5.NO.Re/c1-4-10-16(11-5-1)19(17-12-6-2-7-13-17)18-14-8-3-9-15-18;8-7(9)6-4-2-1-3-5-6;1-2-4-5-3-1;1-2;/h1-15H;1-5H,(H,8,9);1-5H;;/q;;-1;+1;. The molecule has 0 aromatic heterocycles. The first-order valence-corrected chi connectivity index (χ1v) is 12.4. The Hall–Kier alpha value is -3.54. The van der Waals surface area contributed by atoms with Crippen molar-refractivity contribution in [3.05, 3.63) is 157 Å². The number of aromatic carboxylic acids is 1. The van der Waals surface area contributed by atoms with Gasteiger partial charge in [0.2, 0.25) is 0 Å². The minimum atomic E-state index is -1.13. The smallest absolute Gasteiger partial charge is 0.102 e. The van der Waals surface area contributed by atoms with E-state index in [-0.39, 0.29) is 26.0 Å². The summed E-state index contributed by atoms with van der Waals surface area (Å²) >= 11 is 0. The normalized spacial score (nSPS) is 8.97. The van der Waals surface area contributed by atoms with E-state index in [4.69, 9.17) is 10.2 Å². The second kappa shape index (κ2) is 18.7. The van der Waals surface area contributed by atoms with E-state index in [0.717, 1.165) is 0 Å². The molecule has 0 atom stereocenters. The largest absolute Gasteiger partial charge is 0.545 e. The van der Waals surface area contributed by atoms with Crippen LogP contribution in [0.4, 0.5) is 0 Å². The van der Waals surface area contributed by atoms with Crippen LogP contribution in [0.3, 0.4) is 0 Å². The van der Waals surface area contributed by atoms with Crippen molar-refractivity contribution < 1.29 is 35.1 Å². The van der Waals surface area contributed by atoms with Crippen molar-refractivity contribution in [2.24, 2.45) is 0 Å². The molecule has 0 fully saturated rings. The van der Waals surface area contributed by atoms with Crippen molar-refractivity contribution in [3.8, 4) is 0 Å². The molecule has 36 heavy (non-hydrogen) atoms. The minimum absolute atomic E-state index is 0. The third-order valence-corrected chi connectivity index (χ3v) is 7.48. The Morgan fingerprint density at radius 1 is 0.583 bits per heavy atom. The van der Waals surface area contributed by atoms with Gasteiger partial charge in [-0.05, 0) is 42.0 Å². The molecular weight excluding hydrogens is 640 g/mol. The molecule has 5 aromatic rings. The fourth-order valence-electron chi connectivity index (χ4n) is 3.21. The van der Waals surface area contributed by atoms with Gasteiger partial charge in [-0.3, -0.25) is 0 Å². The second-order valence-corrected chi connectivity index (χ2v) is 9.57. The van der Waals surface area contributed by atoms with Crippen LogP contribution in [-0.4, -0.2) is 5.97 Å². The number of hydrogen-bond donors (Lipinski definition) is 0. The Labute approximate surface area is 226 Å². The molecule has 0 aliphatic rings. The number of carbonyl (C=O) groups excluding carboxylic acids is 1. The monoisotopic (exact) mass is 666 g/mol. The Bertz CT molecular complexity index is 1110. The molecule has 181 valence electrons. The van der Waals surface area contributed by atoms with E-state index < -0.39 is 13.9 Å². The molecular formula is C30H26NO3PRe. The van der Waals surface area contributed by atoms with Crippen LogP contribution >= 0.6 is 7.92 Å². The van der Waals surface area contributed by atoms with Gasteiger partial charge in [-0.1, -0.05) is 84.9 Å². The molecule has 6 heteroatoms. The zero-order chi connectivity index (χ0) is 25.1. The first kappa shape index (κ1) is 30.5. The first-order valence-electron chi connectivity index (χ1n) is 10.9. The summed E-state index contributed by atoms with van der Waals surface area (Å²) in [4.78, 5) is 10.1. The van der Waals surface area contributed by atoms with E-state index in [1.165, 1.54) is 28.0 Å². The van der Waals surface area contributed by atoms with E-state index in [2.05, 4.69) is 91.0 Å². The summed E-state index contributed by atoms with van der Waals surface area (Å²) in [5, 5.41) is 14.4. The molecule has 4 nitrogen and oxygen atoms in total. The van der Waals surface area contributed by atoms with Gasteiger partial charge in [0, 0.05) is 20.4 Å². The molecule has 0 spiro atoms. The molecule has 0 unspecified atom stereocenters. The average Bonchev–Trinajstić information content (AvgIpc) is 3.53. The van der Waals surface area contributed by atoms with Gasteiger partial charge in [0.05, 0.1) is 13.9 Å². The third-order valence-electron chi connectivity index (χ3n) is 4.75. The number of nitrogens with zero attached hydrogens (tertiary/aromatic N) is 1.